The zero-order chi connectivity index (χ0) is 23.5. The molecule has 5 nitrogen and oxygen atoms in total. The van der Waals surface area contributed by atoms with Crippen molar-refractivity contribution < 1.29 is 14.6 Å². The fraction of sp³-hybridized carbons (Fsp3) is 0.310. The monoisotopic (exact) mass is 454 g/mol. The van der Waals surface area contributed by atoms with Crippen LogP contribution in [0.2, 0.25) is 0 Å². The molecular formula is C29H30N2O3. The molecule has 1 atom stereocenters. The predicted molar refractivity (Wildman–Crippen MR) is 134 cm³/mol. The third-order valence-corrected chi connectivity index (χ3v) is 6.83. The van der Waals surface area contributed by atoms with Gasteiger partial charge in [0.1, 0.15) is 18.1 Å². The van der Waals surface area contributed by atoms with Crippen LogP contribution in [0.15, 0.2) is 72.8 Å². The molecule has 34 heavy (non-hydrogen) atoms. The van der Waals surface area contributed by atoms with E-state index >= 15 is 0 Å². The average molecular weight is 455 g/mol. The SMILES string of the molecule is CC(CC(=O)O)c1ccc(OCc2ccc3c(-c4ccccc4)nn(C4CCCC4)c3c2)cc1. The zero-order valence-electron chi connectivity index (χ0n) is 19.5. The molecule has 1 saturated carbocycles. The summed E-state index contributed by atoms with van der Waals surface area (Å²) in [4.78, 5) is 11.0. The molecule has 174 valence electrons. The van der Waals surface area contributed by atoms with Crippen LogP contribution in [0, 0.1) is 0 Å². The van der Waals surface area contributed by atoms with Gasteiger partial charge < -0.3 is 9.84 Å². The van der Waals surface area contributed by atoms with E-state index in [0.717, 1.165) is 28.1 Å². The average Bonchev–Trinajstić information content (AvgIpc) is 3.51. The topological polar surface area (TPSA) is 64.3 Å². The van der Waals surface area contributed by atoms with Crippen molar-refractivity contribution in [3.05, 3.63) is 83.9 Å². The Hall–Kier alpha value is -3.60. The second-order valence-corrected chi connectivity index (χ2v) is 9.31. The summed E-state index contributed by atoms with van der Waals surface area (Å²) < 4.78 is 8.31. The summed E-state index contributed by atoms with van der Waals surface area (Å²) in [7, 11) is 0. The summed E-state index contributed by atoms with van der Waals surface area (Å²) in [5, 5.41) is 15.3. The highest BCUT2D eigenvalue weighted by molar-refractivity contribution is 5.93. The van der Waals surface area contributed by atoms with E-state index in [1.54, 1.807) is 0 Å². The number of ether oxygens (including phenoxy) is 1. The van der Waals surface area contributed by atoms with Crippen molar-refractivity contribution in [3.8, 4) is 17.0 Å². The van der Waals surface area contributed by atoms with Gasteiger partial charge in [0.2, 0.25) is 0 Å². The van der Waals surface area contributed by atoms with Gasteiger partial charge in [0.05, 0.1) is 18.0 Å². The second kappa shape index (κ2) is 9.72. The van der Waals surface area contributed by atoms with Crippen LogP contribution in [-0.4, -0.2) is 20.9 Å². The van der Waals surface area contributed by atoms with Crippen LogP contribution in [0.25, 0.3) is 22.2 Å². The van der Waals surface area contributed by atoms with E-state index in [2.05, 4.69) is 47.1 Å². The fourth-order valence-electron chi connectivity index (χ4n) is 4.95. The summed E-state index contributed by atoms with van der Waals surface area (Å²) >= 11 is 0. The van der Waals surface area contributed by atoms with Gasteiger partial charge in [0.15, 0.2) is 0 Å². The number of nitrogens with zero attached hydrogens (tertiary/aromatic N) is 2. The van der Waals surface area contributed by atoms with Gasteiger partial charge in [-0.05, 0) is 48.1 Å². The smallest absolute Gasteiger partial charge is 0.303 e. The van der Waals surface area contributed by atoms with Crippen LogP contribution in [-0.2, 0) is 11.4 Å². The normalized spacial score (nSPS) is 15.0. The molecule has 0 bridgehead atoms. The maximum Gasteiger partial charge on any atom is 0.303 e. The molecule has 5 heteroatoms. The first-order valence-corrected chi connectivity index (χ1v) is 12.1. The Labute approximate surface area is 200 Å². The molecule has 1 aliphatic carbocycles. The number of hydrogen-bond donors (Lipinski definition) is 1. The van der Waals surface area contributed by atoms with Crippen molar-refractivity contribution in [1.82, 2.24) is 9.78 Å². The van der Waals surface area contributed by atoms with Crippen LogP contribution in [0.3, 0.4) is 0 Å². The fourth-order valence-corrected chi connectivity index (χ4v) is 4.95. The highest BCUT2D eigenvalue weighted by Crippen LogP contribution is 2.36. The van der Waals surface area contributed by atoms with E-state index in [1.165, 1.54) is 36.6 Å². The van der Waals surface area contributed by atoms with Crippen molar-refractivity contribution in [3.63, 3.8) is 0 Å². The molecule has 0 amide bonds. The summed E-state index contributed by atoms with van der Waals surface area (Å²) in [5.41, 5.74) is 5.47. The van der Waals surface area contributed by atoms with Gasteiger partial charge in [-0.15, -0.1) is 0 Å². The maximum absolute atomic E-state index is 11.0. The van der Waals surface area contributed by atoms with Crippen LogP contribution in [0.1, 0.15) is 62.1 Å². The lowest BCUT2D eigenvalue weighted by Gasteiger charge is -2.13. The van der Waals surface area contributed by atoms with E-state index in [9.17, 15) is 4.79 Å². The first-order chi connectivity index (χ1) is 16.6. The number of carboxylic acid groups (broad SMARTS) is 1. The van der Waals surface area contributed by atoms with Crippen molar-refractivity contribution >= 4 is 16.9 Å². The van der Waals surface area contributed by atoms with Crippen LogP contribution < -0.4 is 4.74 Å². The zero-order valence-corrected chi connectivity index (χ0v) is 19.5. The number of aromatic nitrogens is 2. The standard InChI is InChI=1S/C29H30N2O3/c1-20(17-28(32)33)22-12-14-25(15-13-22)34-19-21-11-16-26-27(18-21)31(24-9-5-6-10-24)30-29(26)23-7-3-2-4-8-23/h2-4,7-8,11-16,18,20,24H,5-6,9-10,17,19H2,1H3,(H,32,33). The van der Waals surface area contributed by atoms with E-state index in [4.69, 9.17) is 14.9 Å². The summed E-state index contributed by atoms with van der Waals surface area (Å²) in [6.07, 6.45) is 5.00. The molecule has 4 aromatic rings. The molecule has 1 aromatic heterocycles. The van der Waals surface area contributed by atoms with Crippen molar-refractivity contribution in [2.24, 2.45) is 0 Å². The Balaban J connectivity index is 1.38. The third-order valence-electron chi connectivity index (χ3n) is 6.83. The Morgan fingerprint density at radius 3 is 2.50 bits per heavy atom. The summed E-state index contributed by atoms with van der Waals surface area (Å²) in [5.74, 6) is -0.0280. The molecular weight excluding hydrogens is 424 g/mol. The van der Waals surface area contributed by atoms with Crippen LogP contribution in [0.4, 0.5) is 0 Å². The molecule has 0 spiro atoms. The Morgan fingerprint density at radius 1 is 1.06 bits per heavy atom. The van der Waals surface area contributed by atoms with Gasteiger partial charge in [0, 0.05) is 10.9 Å². The minimum atomic E-state index is -0.782. The van der Waals surface area contributed by atoms with Crippen molar-refractivity contribution in [2.75, 3.05) is 0 Å². The lowest BCUT2D eigenvalue weighted by molar-refractivity contribution is -0.137. The molecule has 1 unspecified atom stereocenters. The molecule has 1 fully saturated rings. The number of fused-ring (bicyclic) bond motifs is 1. The highest BCUT2D eigenvalue weighted by Gasteiger charge is 2.22. The lowest BCUT2D eigenvalue weighted by Crippen LogP contribution is -2.06. The minimum Gasteiger partial charge on any atom is -0.489 e. The Morgan fingerprint density at radius 2 is 1.79 bits per heavy atom. The van der Waals surface area contributed by atoms with E-state index < -0.39 is 5.97 Å². The molecule has 5 rings (SSSR count). The van der Waals surface area contributed by atoms with E-state index in [1.807, 2.05) is 37.3 Å². The van der Waals surface area contributed by atoms with Gasteiger partial charge >= 0.3 is 5.97 Å². The quantitative estimate of drug-likeness (QED) is 0.312. The number of hydrogen-bond acceptors (Lipinski definition) is 3. The van der Waals surface area contributed by atoms with E-state index in [-0.39, 0.29) is 12.3 Å². The number of carbonyl (C=O) groups is 1. The molecule has 1 heterocycles. The van der Waals surface area contributed by atoms with Gasteiger partial charge in [-0.2, -0.15) is 5.10 Å². The largest absolute Gasteiger partial charge is 0.489 e. The lowest BCUT2D eigenvalue weighted by atomic mass is 9.98. The van der Waals surface area contributed by atoms with Crippen LogP contribution in [0.5, 0.6) is 5.75 Å². The molecule has 1 aliphatic rings. The maximum atomic E-state index is 11.0. The Bertz CT molecular complexity index is 1270. The highest BCUT2D eigenvalue weighted by atomic mass is 16.5. The number of carboxylic acids is 1. The number of rotatable bonds is 8. The first-order valence-electron chi connectivity index (χ1n) is 12.1. The molecule has 0 saturated heterocycles. The van der Waals surface area contributed by atoms with Gasteiger partial charge in [0.25, 0.3) is 0 Å². The predicted octanol–water partition coefficient (Wildman–Crippen LogP) is 6.98. The van der Waals surface area contributed by atoms with Crippen molar-refractivity contribution in [2.45, 2.75) is 57.6 Å². The second-order valence-electron chi connectivity index (χ2n) is 9.31. The van der Waals surface area contributed by atoms with Gasteiger partial charge in [-0.25, -0.2) is 0 Å². The third kappa shape index (κ3) is 4.69. The number of aliphatic carboxylic acids is 1. The van der Waals surface area contributed by atoms with Gasteiger partial charge in [-0.3, -0.25) is 9.48 Å². The Kier molecular flexibility index (Phi) is 6.35. The van der Waals surface area contributed by atoms with E-state index in [0.29, 0.717) is 12.6 Å². The molecule has 0 aliphatic heterocycles. The summed E-state index contributed by atoms with van der Waals surface area (Å²) in [6, 6.07) is 25.1. The molecule has 3 aromatic carbocycles. The van der Waals surface area contributed by atoms with Crippen LogP contribution >= 0.6 is 0 Å². The first kappa shape index (κ1) is 22.2. The van der Waals surface area contributed by atoms with Crippen molar-refractivity contribution in [1.29, 1.82) is 0 Å². The molecule has 0 radical (unpaired) electrons. The van der Waals surface area contributed by atoms with Gasteiger partial charge in [-0.1, -0.05) is 74.4 Å². The molecule has 1 N–H and O–H groups in total. The number of benzene rings is 3. The summed E-state index contributed by atoms with van der Waals surface area (Å²) in [6.45, 7) is 2.40. The minimum absolute atomic E-state index is 0.0244.